The van der Waals surface area contributed by atoms with Crippen LogP contribution in [0.15, 0.2) is 36.8 Å². The van der Waals surface area contributed by atoms with E-state index in [9.17, 15) is 9.18 Å². The van der Waals surface area contributed by atoms with E-state index in [1.807, 2.05) is 12.1 Å². The van der Waals surface area contributed by atoms with Gasteiger partial charge in [0, 0.05) is 30.2 Å². The Kier molecular flexibility index (Phi) is 3.63. The van der Waals surface area contributed by atoms with E-state index in [0.29, 0.717) is 26.9 Å². The molecule has 4 aromatic heterocycles. The van der Waals surface area contributed by atoms with E-state index in [1.54, 1.807) is 29.2 Å². The highest BCUT2D eigenvalue weighted by Crippen LogP contribution is 2.37. The predicted molar refractivity (Wildman–Crippen MR) is 102 cm³/mol. The fourth-order valence-electron chi connectivity index (χ4n) is 3.10. The van der Waals surface area contributed by atoms with Gasteiger partial charge in [0.1, 0.15) is 11.8 Å². The van der Waals surface area contributed by atoms with Crippen LogP contribution < -0.4 is 5.32 Å². The summed E-state index contributed by atoms with van der Waals surface area (Å²) in [4.78, 5) is 19.2. The summed E-state index contributed by atoms with van der Waals surface area (Å²) < 4.78 is 14.6. The Morgan fingerprint density at radius 2 is 2.19 bits per heavy atom. The number of carbonyl (C=O) groups is 1. The van der Waals surface area contributed by atoms with Gasteiger partial charge in [0.05, 0.1) is 26.9 Å². The monoisotopic (exact) mass is 403 g/mol. The molecule has 9 heteroatoms. The summed E-state index contributed by atoms with van der Waals surface area (Å²) in [5.74, 6) is -0.524. The van der Waals surface area contributed by atoms with Crippen molar-refractivity contribution in [2.24, 2.45) is 5.92 Å². The number of nitrogens with zero attached hydrogens (tertiary/aromatic N) is 3. The Balaban J connectivity index is 1.52. The molecule has 4 heterocycles. The zero-order valence-corrected chi connectivity index (χ0v) is 15.2. The number of amides is 1. The lowest BCUT2D eigenvalue weighted by Gasteiger charge is -2.06. The quantitative estimate of drug-likeness (QED) is 0.529. The van der Waals surface area contributed by atoms with Crippen molar-refractivity contribution in [2.45, 2.75) is 12.6 Å². The van der Waals surface area contributed by atoms with Crippen LogP contribution in [-0.2, 0) is 4.79 Å². The average molecular weight is 404 g/mol. The van der Waals surface area contributed by atoms with Crippen LogP contribution in [0.2, 0.25) is 10.0 Å². The first-order valence-electron chi connectivity index (χ1n) is 8.27. The number of pyridine rings is 2. The molecule has 27 heavy (non-hydrogen) atoms. The van der Waals surface area contributed by atoms with Crippen LogP contribution in [0, 0.1) is 5.92 Å². The molecule has 0 bridgehead atoms. The predicted octanol–water partition coefficient (Wildman–Crippen LogP) is 4.48. The molecule has 1 fully saturated rings. The van der Waals surface area contributed by atoms with E-state index in [0.717, 1.165) is 16.6 Å². The van der Waals surface area contributed by atoms with Crippen LogP contribution in [0.25, 0.3) is 27.7 Å². The normalized spacial score (nSPS) is 18.9. The summed E-state index contributed by atoms with van der Waals surface area (Å²) >= 11 is 12.7. The molecule has 0 radical (unpaired) electrons. The molecule has 0 saturated heterocycles. The second-order valence-corrected chi connectivity index (χ2v) is 7.29. The maximum absolute atomic E-state index is 13.0. The van der Waals surface area contributed by atoms with Gasteiger partial charge < -0.3 is 10.3 Å². The number of hydrogen-bond acceptors (Lipinski definition) is 3. The molecule has 0 aromatic carbocycles. The van der Waals surface area contributed by atoms with Crippen molar-refractivity contribution in [2.75, 3.05) is 5.32 Å². The molecule has 136 valence electrons. The van der Waals surface area contributed by atoms with E-state index in [2.05, 4.69) is 20.4 Å². The fourth-order valence-corrected chi connectivity index (χ4v) is 3.73. The molecule has 5 rings (SSSR count). The summed E-state index contributed by atoms with van der Waals surface area (Å²) in [5.41, 5.74) is 2.95. The summed E-state index contributed by atoms with van der Waals surface area (Å²) in [7, 11) is 0. The third-order valence-corrected chi connectivity index (χ3v) is 5.36. The SMILES string of the molecule is O=C(Nc1cc2cc(-c3cnc4[nH]cc(Cl)c4c3Cl)ccn2n1)C1CC1F. The second kappa shape index (κ2) is 5.94. The number of hydrogen-bond donors (Lipinski definition) is 2. The van der Waals surface area contributed by atoms with Crippen LogP contribution in [0.3, 0.4) is 0 Å². The lowest BCUT2D eigenvalue weighted by atomic mass is 10.1. The highest BCUT2D eigenvalue weighted by atomic mass is 35.5. The lowest BCUT2D eigenvalue weighted by Crippen LogP contribution is -2.15. The van der Waals surface area contributed by atoms with Gasteiger partial charge in [-0.1, -0.05) is 23.2 Å². The first-order chi connectivity index (χ1) is 13.0. The standard InChI is InChI=1S/C18H12Cl2FN5O/c19-12-7-23-17-15(12)16(20)11(6-22-17)8-1-2-26-9(3-8)4-14(25-26)24-18(27)10-5-13(10)21/h1-4,6-7,10,13H,5H2,(H,22,23)(H,24,25,27). The minimum Gasteiger partial charge on any atom is -0.345 e. The Hall–Kier alpha value is -2.64. The molecule has 1 saturated carbocycles. The zero-order chi connectivity index (χ0) is 18.7. The van der Waals surface area contributed by atoms with Gasteiger partial charge in [0.2, 0.25) is 5.91 Å². The van der Waals surface area contributed by atoms with Crippen LogP contribution in [0.5, 0.6) is 0 Å². The molecule has 1 amide bonds. The Labute approximate surface area is 162 Å². The first kappa shape index (κ1) is 16.5. The summed E-state index contributed by atoms with van der Waals surface area (Å²) in [6.45, 7) is 0. The third-order valence-electron chi connectivity index (χ3n) is 4.66. The maximum Gasteiger partial charge on any atom is 0.231 e. The number of alkyl halides is 1. The van der Waals surface area contributed by atoms with Crippen LogP contribution in [0.4, 0.5) is 10.2 Å². The molecule has 0 spiro atoms. The average Bonchev–Trinajstić information content (AvgIpc) is 3.07. The second-order valence-electron chi connectivity index (χ2n) is 6.51. The van der Waals surface area contributed by atoms with Crippen molar-refractivity contribution in [3.8, 4) is 11.1 Å². The van der Waals surface area contributed by atoms with Gasteiger partial charge in [-0.15, -0.1) is 0 Å². The van der Waals surface area contributed by atoms with Gasteiger partial charge >= 0.3 is 0 Å². The highest BCUT2D eigenvalue weighted by molar-refractivity contribution is 6.43. The molecule has 1 aliphatic carbocycles. The smallest absolute Gasteiger partial charge is 0.231 e. The van der Waals surface area contributed by atoms with Crippen molar-refractivity contribution in [3.63, 3.8) is 0 Å². The van der Waals surface area contributed by atoms with Crippen LogP contribution >= 0.6 is 23.2 Å². The van der Waals surface area contributed by atoms with E-state index in [-0.39, 0.29) is 12.3 Å². The molecule has 4 aromatic rings. The van der Waals surface area contributed by atoms with Crippen molar-refractivity contribution in [1.82, 2.24) is 19.6 Å². The van der Waals surface area contributed by atoms with E-state index in [1.165, 1.54) is 0 Å². The van der Waals surface area contributed by atoms with Crippen LogP contribution in [-0.4, -0.2) is 31.7 Å². The molecule has 0 aliphatic heterocycles. The zero-order valence-electron chi connectivity index (χ0n) is 13.7. The van der Waals surface area contributed by atoms with Gasteiger partial charge in [-0.05, 0) is 24.1 Å². The molecule has 2 unspecified atom stereocenters. The molecule has 2 atom stereocenters. The number of nitrogens with one attached hydrogen (secondary N) is 2. The minimum absolute atomic E-state index is 0.277. The van der Waals surface area contributed by atoms with Crippen molar-refractivity contribution >= 4 is 51.5 Å². The van der Waals surface area contributed by atoms with Gasteiger partial charge in [-0.3, -0.25) is 4.79 Å². The number of aromatic nitrogens is 4. The van der Waals surface area contributed by atoms with Gasteiger partial charge in [0.25, 0.3) is 0 Å². The Morgan fingerprint density at radius 1 is 1.37 bits per heavy atom. The molecule has 6 nitrogen and oxygen atoms in total. The number of rotatable bonds is 3. The Morgan fingerprint density at radius 3 is 2.96 bits per heavy atom. The van der Waals surface area contributed by atoms with Crippen molar-refractivity contribution in [1.29, 1.82) is 0 Å². The lowest BCUT2D eigenvalue weighted by molar-refractivity contribution is -0.117. The summed E-state index contributed by atoms with van der Waals surface area (Å²) in [6, 6.07) is 5.45. The molecule has 1 aliphatic rings. The van der Waals surface area contributed by atoms with Crippen LogP contribution in [0.1, 0.15) is 6.42 Å². The number of carbonyl (C=O) groups excluding carboxylic acids is 1. The summed E-state index contributed by atoms with van der Waals surface area (Å²) in [5, 5.41) is 8.62. The fraction of sp³-hybridized carbons (Fsp3) is 0.167. The van der Waals surface area contributed by atoms with Gasteiger partial charge in [-0.2, -0.15) is 5.10 Å². The Bertz CT molecular complexity index is 1220. The highest BCUT2D eigenvalue weighted by Gasteiger charge is 2.43. The largest absolute Gasteiger partial charge is 0.345 e. The number of aromatic amines is 1. The van der Waals surface area contributed by atoms with E-state index in [4.69, 9.17) is 23.2 Å². The van der Waals surface area contributed by atoms with E-state index >= 15 is 0 Å². The first-order valence-corrected chi connectivity index (χ1v) is 9.02. The number of fused-ring (bicyclic) bond motifs is 2. The van der Waals surface area contributed by atoms with Crippen molar-refractivity contribution < 1.29 is 9.18 Å². The molecular formula is C18H12Cl2FN5O. The molecule has 2 N–H and O–H groups in total. The number of halogens is 3. The maximum atomic E-state index is 13.0. The molecular weight excluding hydrogens is 392 g/mol. The minimum atomic E-state index is -1.04. The van der Waals surface area contributed by atoms with Crippen molar-refractivity contribution in [3.05, 3.63) is 46.8 Å². The number of anilines is 1. The third kappa shape index (κ3) is 2.74. The van der Waals surface area contributed by atoms with E-state index < -0.39 is 12.1 Å². The van der Waals surface area contributed by atoms with Gasteiger partial charge in [-0.25, -0.2) is 13.9 Å². The topological polar surface area (TPSA) is 75.1 Å². The van der Waals surface area contributed by atoms with Gasteiger partial charge in [0.15, 0.2) is 5.82 Å². The summed E-state index contributed by atoms with van der Waals surface area (Å²) in [6.07, 6.45) is 4.31. The number of H-pyrrole nitrogens is 1.